The second kappa shape index (κ2) is 3.06. The molecule has 0 aromatic carbocycles. The highest BCUT2D eigenvalue weighted by Crippen LogP contribution is 2.10. The Labute approximate surface area is 66.9 Å². The van der Waals surface area contributed by atoms with E-state index in [1.807, 2.05) is 12.3 Å². The smallest absolute Gasteiger partial charge is 0.0531 e. The lowest BCUT2D eigenvalue weighted by molar-refractivity contribution is 1.10. The maximum Gasteiger partial charge on any atom is 0.0531 e. The van der Waals surface area contributed by atoms with Crippen molar-refractivity contribution in [1.29, 1.82) is 0 Å². The number of hydrogen-bond donors (Lipinski definition) is 1. The predicted molar refractivity (Wildman–Crippen MR) is 46.4 cm³/mol. The maximum absolute atomic E-state index is 4.18. The molecule has 0 fully saturated rings. The van der Waals surface area contributed by atoms with E-state index < -0.39 is 0 Å². The van der Waals surface area contributed by atoms with Gasteiger partial charge >= 0.3 is 0 Å². The number of aromatic nitrogens is 1. The molecule has 1 rings (SSSR count). The molecular weight excluding hydrogens is 142 g/mol. The minimum atomic E-state index is 0.730. The van der Waals surface area contributed by atoms with E-state index in [1.54, 1.807) is 0 Å². The zero-order chi connectivity index (χ0) is 7.56. The fraction of sp³-hybridized carbons (Fsp3) is 0.375. The van der Waals surface area contributed by atoms with Crippen LogP contribution in [0.1, 0.15) is 16.8 Å². The van der Waals surface area contributed by atoms with Crippen LogP contribution in [0.4, 0.5) is 0 Å². The van der Waals surface area contributed by atoms with Gasteiger partial charge in [-0.1, -0.05) is 0 Å². The van der Waals surface area contributed by atoms with Crippen LogP contribution in [0.2, 0.25) is 0 Å². The summed E-state index contributed by atoms with van der Waals surface area (Å²) < 4.78 is 0. The Morgan fingerprint density at radius 1 is 1.50 bits per heavy atom. The predicted octanol–water partition coefficient (Wildman–Crippen LogP) is 2.13. The summed E-state index contributed by atoms with van der Waals surface area (Å²) in [5.41, 5.74) is 3.64. The van der Waals surface area contributed by atoms with E-state index in [4.69, 9.17) is 0 Å². The molecule has 0 spiro atoms. The second-order valence-corrected chi connectivity index (χ2v) is 2.67. The van der Waals surface area contributed by atoms with E-state index >= 15 is 0 Å². The van der Waals surface area contributed by atoms with Gasteiger partial charge in [0.15, 0.2) is 0 Å². The molecule has 0 N–H and O–H groups in total. The fourth-order valence-electron chi connectivity index (χ4n) is 0.848. The van der Waals surface area contributed by atoms with Crippen LogP contribution in [0.25, 0.3) is 0 Å². The molecule has 54 valence electrons. The third-order valence-electron chi connectivity index (χ3n) is 1.73. The van der Waals surface area contributed by atoms with Crippen LogP contribution in [-0.2, 0) is 5.75 Å². The van der Waals surface area contributed by atoms with Gasteiger partial charge in [-0.25, -0.2) is 0 Å². The maximum atomic E-state index is 4.18. The Bertz CT molecular complexity index is 233. The van der Waals surface area contributed by atoms with Gasteiger partial charge in [-0.2, -0.15) is 12.6 Å². The molecule has 0 saturated carbocycles. The molecule has 0 aliphatic rings. The van der Waals surface area contributed by atoms with Crippen LogP contribution in [-0.4, -0.2) is 4.98 Å². The summed E-state index contributed by atoms with van der Waals surface area (Å²) in [7, 11) is 0. The van der Waals surface area contributed by atoms with Crippen molar-refractivity contribution in [3.8, 4) is 0 Å². The van der Waals surface area contributed by atoms with Crippen molar-refractivity contribution >= 4 is 12.6 Å². The molecule has 0 aliphatic carbocycles. The normalized spacial score (nSPS) is 9.90. The lowest BCUT2D eigenvalue weighted by atomic mass is 10.1. The first-order chi connectivity index (χ1) is 4.75. The second-order valence-electron chi connectivity index (χ2n) is 2.36. The van der Waals surface area contributed by atoms with E-state index in [1.165, 1.54) is 11.1 Å². The lowest BCUT2D eigenvalue weighted by Crippen LogP contribution is -1.91. The Balaban J connectivity index is 3.14. The first-order valence-electron chi connectivity index (χ1n) is 3.27. The minimum Gasteiger partial charge on any atom is -0.260 e. The van der Waals surface area contributed by atoms with Crippen LogP contribution in [0, 0.1) is 13.8 Å². The molecule has 0 aliphatic heterocycles. The summed E-state index contributed by atoms with van der Waals surface area (Å²) in [6.45, 7) is 4.16. The number of hydrogen-bond acceptors (Lipinski definition) is 2. The largest absolute Gasteiger partial charge is 0.260 e. The quantitative estimate of drug-likeness (QED) is 0.610. The highest BCUT2D eigenvalue weighted by atomic mass is 32.1. The van der Waals surface area contributed by atoms with Gasteiger partial charge in [0, 0.05) is 11.9 Å². The van der Waals surface area contributed by atoms with Crippen molar-refractivity contribution in [2.75, 3.05) is 0 Å². The molecule has 0 atom stereocenters. The highest BCUT2D eigenvalue weighted by Gasteiger charge is 1.97. The summed E-state index contributed by atoms with van der Waals surface area (Å²) in [5, 5.41) is 0. The first-order valence-corrected chi connectivity index (χ1v) is 3.91. The number of aryl methyl sites for hydroxylation is 1. The van der Waals surface area contributed by atoms with Gasteiger partial charge in [-0.3, -0.25) is 4.98 Å². The average molecular weight is 153 g/mol. The summed E-state index contributed by atoms with van der Waals surface area (Å²) in [5.74, 6) is 0.730. The van der Waals surface area contributed by atoms with Crippen molar-refractivity contribution in [1.82, 2.24) is 4.98 Å². The van der Waals surface area contributed by atoms with Gasteiger partial charge in [0.1, 0.15) is 0 Å². The molecule has 2 heteroatoms. The van der Waals surface area contributed by atoms with E-state index in [-0.39, 0.29) is 0 Å². The van der Waals surface area contributed by atoms with Crippen LogP contribution in [0.5, 0.6) is 0 Å². The molecule has 10 heavy (non-hydrogen) atoms. The van der Waals surface area contributed by atoms with Crippen LogP contribution >= 0.6 is 12.6 Å². The summed E-state index contributed by atoms with van der Waals surface area (Å²) in [4.78, 5) is 4.18. The Morgan fingerprint density at radius 3 is 2.70 bits per heavy atom. The van der Waals surface area contributed by atoms with Crippen LogP contribution in [0.3, 0.4) is 0 Å². The van der Waals surface area contributed by atoms with Gasteiger partial charge < -0.3 is 0 Å². The summed E-state index contributed by atoms with van der Waals surface area (Å²) >= 11 is 4.16. The van der Waals surface area contributed by atoms with Crippen molar-refractivity contribution in [2.45, 2.75) is 19.6 Å². The van der Waals surface area contributed by atoms with E-state index in [0.717, 1.165) is 11.4 Å². The minimum absolute atomic E-state index is 0.730. The fourth-order valence-corrected chi connectivity index (χ4v) is 1.17. The monoisotopic (exact) mass is 153 g/mol. The molecule has 0 radical (unpaired) electrons. The third-order valence-corrected chi connectivity index (χ3v) is 2.03. The lowest BCUT2D eigenvalue weighted by Gasteiger charge is -2.02. The SMILES string of the molecule is Cc1ccnc(CS)c1C. The molecule has 1 aromatic heterocycles. The van der Waals surface area contributed by atoms with Crippen molar-refractivity contribution < 1.29 is 0 Å². The molecule has 0 saturated heterocycles. The van der Waals surface area contributed by atoms with Crippen molar-refractivity contribution in [3.63, 3.8) is 0 Å². The molecule has 0 bridgehead atoms. The van der Waals surface area contributed by atoms with Crippen LogP contribution in [0.15, 0.2) is 12.3 Å². The third kappa shape index (κ3) is 1.32. The number of thiol groups is 1. The zero-order valence-electron chi connectivity index (χ0n) is 6.26. The molecule has 1 heterocycles. The van der Waals surface area contributed by atoms with Gasteiger partial charge in [-0.15, -0.1) is 0 Å². The number of nitrogens with zero attached hydrogens (tertiary/aromatic N) is 1. The van der Waals surface area contributed by atoms with Gasteiger partial charge in [-0.05, 0) is 31.0 Å². The number of rotatable bonds is 1. The zero-order valence-corrected chi connectivity index (χ0v) is 7.15. The van der Waals surface area contributed by atoms with Gasteiger partial charge in [0.2, 0.25) is 0 Å². The molecule has 0 unspecified atom stereocenters. The van der Waals surface area contributed by atoms with E-state index in [2.05, 4.69) is 31.5 Å². The molecule has 1 aromatic rings. The molecule has 1 nitrogen and oxygen atoms in total. The summed E-state index contributed by atoms with van der Waals surface area (Å²) in [6.07, 6.45) is 1.83. The molecule has 0 amide bonds. The van der Waals surface area contributed by atoms with Crippen LogP contribution < -0.4 is 0 Å². The van der Waals surface area contributed by atoms with E-state index in [9.17, 15) is 0 Å². The standard InChI is InChI=1S/C8H11NS/c1-6-3-4-9-8(5-10)7(6)2/h3-4,10H,5H2,1-2H3. The van der Waals surface area contributed by atoms with Crippen molar-refractivity contribution in [3.05, 3.63) is 29.1 Å². The Morgan fingerprint density at radius 2 is 2.20 bits per heavy atom. The Hall–Kier alpha value is -0.500. The average Bonchev–Trinajstić information content (AvgIpc) is 1.95. The Kier molecular flexibility index (Phi) is 2.33. The van der Waals surface area contributed by atoms with Gasteiger partial charge in [0.25, 0.3) is 0 Å². The first kappa shape index (κ1) is 7.61. The van der Waals surface area contributed by atoms with Crippen molar-refractivity contribution in [2.24, 2.45) is 0 Å². The molecular formula is C8H11NS. The van der Waals surface area contributed by atoms with E-state index in [0.29, 0.717) is 0 Å². The highest BCUT2D eigenvalue weighted by molar-refractivity contribution is 7.79. The van der Waals surface area contributed by atoms with Gasteiger partial charge in [0.05, 0.1) is 5.69 Å². The summed E-state index contributed by atoms with van der Waals surface area (Å²) in [6, 6.07) is 2.02. The number of pyridine rings is 1. The topological polar surface area (TPSA) is 12.9 Å².